The number of piperidine rings is 1. The Kier molecular flexibility index (Phi) is 3.28. The zero-order valence-electron chi connectivity index (χ0n) is 10.1. The first-order chi connectivity index (χ1) is 7.66. The predicted molar refractivity (Wildman–Crippen MR) is 67.1 cm³/mol. The van der Waals surface area contributed by atoms with Crippen molar-refractivity contribution in [2.45, 2.75) is 26.7 Å². The average Bonchev–Trinajstić information content (AvgIpc) is 2.30. The van der Waals surface area contributed by atoms with Gasteiger partial charge in [0.25, 0.3) is 0 Å². The molecule has 0 aromatic heterocycles. The molecule has 2 nitrogen and oxygen atoms in total. The van der Waals surface area contributed by atoms with Crippen LogP contribution >= 0.6 is 0 Å². The average molecular weight is 217 g/mol. The molecule has 86 valence electrons. The number of hydrogen-bond acceptors (Lipinski definition) is 2. The Balaban J connectivity index is 2.07. The Hall–Kier alpha value is -1.31. The second kappa shape index (κ2) is 4.69. The van der Waals surface area contributed by atoms with E-state index in [1.165, 1.54) is 18.5 Å². The lowest BCUT2D eigenvalue weighted by Crippen LogP contribution is -2.32. The summed E-state index contributed by atoms with van der Waals surface area (Å²) in [5.74, 6) is 0.992. The standard InChI is InChI=1S/C14H19NO/c1-11-7-9-15(10-8-11)14-5-3-13(4-6-14)12(2)16/h3-6,11H,7-10H2,1-2H3. The van der Waals surface area contributed by atoms with Crippen molar-refractivity contribution in [2.75, 3.05) is 18.0 Å². The molecular weight excluding hydrogens is 198 g/mol. The molecule has 0 spiro atoms. The molecule has 1 fully saturated rings. The lowest BCUT2D eigenvalue weighted by Gasteiger charge is -2.32. The molecule has 0 unspecified atom stereocenters. The minimum absolute atomic E-state index is 0.138. The fourth-order valence-electron chi connectivity index (χ4n) is 2.17. The number of Topliss-reactive ketones (excluding diaryl/α,β-unsaturated/α-hetero) is 1. The van der Waals surface area contributed by atoms with Crippen molar-refractivity contribution in [1.82, 2.24) is 0 Å². The van der Waals surface area contributed by atoms with Gasteiger partial charge in [-0.3, -0.25) is 4.79 Å². The first-order valence-electron chi connectivity index (χ1n) is 6.03. The van der Waals surface area contributed by atoms with Gasteiger partial charge < -0.3 is 4.90 Å². The number of carbonyl (C=O) groups is 1. The minimum atomic E-state index is 0.138. The number of hydrogen-bond donors (Lipinski definition) is 0. The Morgan fingerprint density at radius 1 is 1.19 bits per heavy atom. The summed E-state index contributed by atoms with van der Waals surface area (Å²) < 4.78 is 0. The topological polar surface area (TPSA) is 20.3 Å². The fourth-order valence-corrected chi connectivity index (χ4v) is 2.17. The Morgan fingerprint density at radius 3 is 2.25 bits per heavy atom. The number of benzene rings is 1. The van der Waals surface area contributed by atoms with Crippen LogP contribution in [0.5, 0.6) is 0 Å². The van der Waals surface area contributed by atoms with Crippen molar-refractivity contribution in [2.24, 2.45) is 5.92 Å². The molecular formula is C14H19NO. The van der Waals surface area contributed by atoms with E-state index in [1.807, 2.05) is 12.1 Å². The molecule has 0 bridgehead atoms. The largest absolute Gasteiger partial charge is 0.372 e. The van der Waals surface area contributed by atoms with Crippen LogP contribution in [0, 0.1) is 5.92 Å². The molecule has 1 aromatic rings. The molecule has 0 amide bonds. The van der Waals surface area contributed by atoms with Gasteiger partial charge in [-0.2, -0.15) is 0 Å². The Morgan fingerprint density at radius 2 is 1.75 bits per heavy atom. The highest BCUT2D eigenvalue weighted by Gasteiger charge is 2.15. The van der Waals surface area contributed by atoms with Crippen LogP contribution < -0.4 is 4.90 Å². The SMILES string of the molecule is CC(=O)c1ccc(N2CCC(C)CC2)cc1. The zero-order chi connectivity index (χ0) is 11.5. The van der Waals surface area contributed by atoms with Gasteiger partial charge in [-0.25, -0.2) is 0 Å². The summed E-state index contributed by atoms with van der Waals surface area (Å²) in [6, 6.07) is 7.98. The van der Waals surface area contributed by atoms with E-state index in [2.05, 4.69) is 24.0 Å². The molecule has 1 aliphatic rings. The molecule has 0 atom stereocenters. The molecule has 1 aromatic carbocycles. The maximum atomic E-state index is 11.2. The number of ketones is 1. The highest BCUT2D eigenvalue weighted by molar-refractivity contribution is 5.94. The second-order valence-electron chi connectivity index (χ2n) is 4.77. The monoisotopic (exact) mass is 217 g/mol. The number of nitrogens with zero attached hydrogens (tertiary/aromatic N) is 1. The number of carbonyl (C=O) groups excluding carboxylic acids is 1. The van der Waals surface area contributed by atoms with Crippen LogP contribution in [-0.2, 0) is 0 Å². The summed E-state index contributed by atoms with van der Waals surface area (Å²) in [5, 5.41) is 0. The van der Waals surface area contributed by atoms with Crippen LogP contribution in [0.4, 0.5) is 5.69 Å². The summed E-state index contributed by atoms with van der Waals surface area (Å²) in [6.45, 7) is 6.20. The van der Waals surface area contributed by atoms with E-state index < -0.39 is 0 Å². The maximum absolute atomic E-state index is 11.2. The van der Waals surface area contributed by atoms with E-state index >= 15 is 0 Å². The van der Waals surface area contributed by atoms with Crippen LogP contribution in [0.3, 0.4) is 0 Å². The summed E-state index contributed by atoms with van der Waals surface area (Å²) in [7, 11) is 0. The molecule has 2 heteroatoms. The summed E-state index contributed by atoms with van der Waals surface area (Å²) >= 11 is 0. The molecule has 2 rings (SSSR count). The van der Waals surface area contributed by atoms with Gasteiger partial charge in [0.05, 0.1) is 0 Å². The van der Waals surface area contributed by atoms with E-state index in [0.29, 0.717) is 0 Å². The molecule has 1 aliphatic heterocycles. The first-order valence-corrected chi connectivity index (χ1v) is 6.03. The molecule has 0 aliphatic carbocycles. The quantitative estimate of drug-likeness (QED) is 0.709. The van der Waals surface area contributed by atoms with E-state index in [0.717, 1.165) is 24.6 Å². The van der Waals surface area contributed by atoms with Gasteiger partial charge in [0, 0.05) is 24.3 Å². The summed E-state index contributed by atoms with van der Waals surface area (Å²) in [5.41, 5.74) is 2.05. The third-order valence-electron chi connectivity index (χ3n) is 3.42. The van der Waals surface area contributed by atoms with Crippen molar-refractivity contribution in [3.63, 3.8) is 0 Å². The molecule has 1 heterocycles. The van der Waals surface area contributed by atoms with Gasteiger partial charge in [0.2, 0.25) is 0 Å². The van der Waals surface area contributed by atoms with Gasteiger partial charge in [-0.05, 0) is 49.9 Å². The Labute approximate surface area is 97.3 Å². The van der Waals surface area contributed by atoms with Crippen LogP contribution in [0.15, 0.2) is 24.3 Å². The van der Waals surface area contributed by atoms with Gasteiger partial charge in [-0.15, -0.1) is 0 Å². The molecule has 0 N–H and O–H groups in total. The Bertz CT molecular complexity index is 361. The van der Waals surface area contributed by atoms with Gasteiger partial charge in [-0.1, -0.05) is 6.92 Å². The first kappa shape index (κ1) is 11.2. The van der Waals surface area contributed by atoms with Gasteiger partial charge >= 0.3 is 0 Å². The van der Waals surface area contributed by atoms with E-state index in [4.69, 9.17) is 0 Å². The lowest BCUT2D eigenvalue weighted by molar-refractivity contribution is 0.101. The lowest BCUT2D eigenvalue weighted by atomic mass is 9.98. The smallest absolute Gasteiger partial charge is 0.159 e. The van der Waals surface area contributed by atoms with Crippen LogP contribution in [-0.4, -0.2) is 18.9 Å². The highest BCUT2D eigenvalue weighted by Crippen LogP contribution is 2.23. The van der Waals surface area contributed by atoms with E-state index in [9.17, 15) is 4.79 Å². The number of anilines is 1. The van der Waals surface area contributed by atoms with Crippen molar-refractivity contribution < 1.29 is 4.79 Å². The van der Waals surface area contributed by atoms with Crippen LogP contribution in [0.1, 0.15) is 37.0 Å². The van der Waals surface area contributed by atoms with Crippen molar-refractivity contribution in [3.05, 3.63) is 29.8 Å². The van der Waals surface area contributed by atoms with Gasteiger partial charge in [0.15, 0.2) is 5.78 Å². The molecule has 1 saturated heterocycles. The van der Waals surface area contributed by atoms with Gasteiger partial charge in [0.1, 0.15) is 0 Å². The second-order valence-corrected chi connectivity index (χ2v) is 4.77. The van der Waals surface area contributed by atoms with E-state index in [-0.39, 0.29) is 5.78 Å². The third kappa shape index (κ3) is 2.43. The maximum Gasteiger partial charge on any atom is 0.159 e. The molecule has 0 saturated carbocycles. The fraction of sp³-hybridized carbons (Fsp3) is 0.500. The summed E-state index contributed by atoms with van der Waals surface area (Å²) in [4.78, 5) is 13.6. The van der Waals surface area contributed by atoms with Crippen LogP contribution in [0.25, 0.3) is 0 Å². The zero-order valence-corrected chi connectivity index (χ0v) is 10.1. The highest BCUT2D eigenvalue weighted by atomic mass is 16.1. The summed E-state index contributed by atoms with van der Waals surface area (Å²) in [6.07, 6.45) is 2.54. The molecule has 0 radical (unpaired) electrons. The van der Waals surface area contributed by atoms with Crippen LogP contribution in [0.2, 0.25) is 0 Å². The van der Waals surface area contributed by atoms with Crippen molar-refractivity contribution >= 4 is 11.5 Å². The normalized spacial score (nSPS) is 17.5. The molecule has 16 heavy (non-hydrogen) atoms. The van der Waals surface area contributed by atoms with Crippen molar-refractivity contribution in [1.29, 1.82) is 0 Å². The van der Waals surface area contributed by atoms with E-state index in [1.54, 1.807) is 6.92 Å². The predicted octanol–water partition coefficient (Wildman–Crippen LogP) is 3.13. The third-order valence-corrected chi connectivity index (χ3v) is 3.42. The minimum Gasteiger partial charge on any atom is -0.372 e. The van der Waals surface area contributed by atoms with Crippen molar-refractivity contribution in [3.8, 4) is 0 Å². The number of rotatable bonds is 2.